The lowest BCUT2D eigenvalue weighted by Crippen LogP contribution is -2.25. The van der Waals surface area contributed by atoms with Gasteiger partial charge in [-0.25, -0.2) is 9.97 Å². The number of nitrogens with zero attached hydrogens (tertiary/aromatic N) is 2. The molecule has 4 aromatic rings. The molecule has 0 spiro atoms. The van der Waals surface area contributed by atoms with Crippen molar-refractivity contribution >= 4 is 28.3 Å². The molecule has 4 rings (SSSR count). The Morgan fingerprint density at radius 3 is 2.42 bits per heavy atom. The second-order valence-electron chi connectivity index (χ2n) is 7.16. The molecule has 0 saturated heterocycles. The summed E-state index contributed by atoms with van der Waals surface area (Å²) in [7, 11) is 0. The SMILES string of the molecule is CCOc1ccc(CNC(=O)c2nc(Nc3ccc(C)cc3)c3ccccc3n2)cc1. The van der Waals surface area contributed by atoms with Crippen LogP contribution in [0.1, 0.15) is 28.7 Å². The molecular weight excluding hydrogens is 388 g/mol. The number of hydrogen-bond acceptors (Lipinski definition) is 5. The van der Waals surface area contributed by atoms with Gasteiger partial charge in [-0.3, -0.25) is 4.79 Å². The average Bonchev–Trinajstić information content (AvgIpc) is 2.80. The molecule has 156 valence electrons. The number of hydrogen-bond donors (Lipinski definition) is 2. The largest absolute Gasteiger partial charge is 0.494 e. The Hall–Kier alpha value is -3.93. The number of carbonyl (C=O) groups excluding carboxylic acids is 1. The molecule has 0 unspecified atom stereocenters. The Balaban J connectivity index is 1.55. The van der Waals surface area contributed by atoms with Gasteiger partial charge in [-0.15, -0.1) is 0 Å². The molecule has 2 N–H and O–H groups in total. The molecule has 0 saturated carbocycles. The number of carbonyl (C=O) groups is 1. The molecule has 6 heteroatoms. The van der Waals surface area contributed by atoms with Crippen LogP contribution in [-0.4, -0.2) is 22.5 Å². The first-order chi connectivity index (χ1) is 15.1. The van der Waals surface area contributed by atoms with Gasteiger partial charge in [0.25, 0.3) is 5.91 Å². The van der Waals surface area contributed by atoms with Crippen LogP contribution in [0.4, 0.5) is 11.5 Å². The number of anilines is 2. The van der Waals surface area contributed by atoms with E-state index in [9.17, 15) is 4.79 Å². The fourth-order valence-electron chi connectivity index (χ4n) is 3.18. The quantitative estimate of drug-likeness (QED) is 0.446. The molecule has 0 aliphatic carbocycles. The van der Waals surface area contributed by atoms with Crippen molar-refractivity contribution in [3.63, 3.8) is 0 Å². The van der Waals surface area contributed by atoms with Crippen LogP contribution < -0.4 is 15.4 Å². The molecule has 1 aromatic heterocycles. The zero-order valence-corrected chi connectivity index (χ0v) is 17.6. The Bertz CT molecular complexity index is 1190. The van der Waals surface area contributed by atoms with Gasteiger partial charge in [-0.05, 0) is 55.8 Å². The number of benzene rings is 3. The molecule has 0 aliphatic heterocycles. The summed E-state index contributed by atoms with van der Waals surface area (Å²) in [6, 6.07) is 23.3. The van der Waals surface area contributed by atoms with E-state index >= 15 is 0 Å². The van der Waals surface area contributed by atoms with Gasteiger partial charge in [0.1, 0.15) is 11.6 Å². The molecule has 3 aromatic carbocycles. The van der Waals surface area contributed by atoms with Gasteiger partial charge in [0.15, 0.2) is 0 Å². The van der Waals surface area contributed by atoms with Crippen LogP contribution in [0.3, 0.4) is 0 Å². The van der Waals surface area contributed by atoms with Gasteiger partial charge in [0, 0.05) is 17.6 Å². The van der Waals surface area contributed by atoms with Gasteiger partial charge in [-0.1, -0.05) is 42.0 Å². The summed E-state index contributed by atoms with van der Waals surface area (Å²) in [6.07, 6.45) is 0. The minimum atomic E-state index is -0.327. The fraction of sp³-hybridized carbons (Fsp3) is 0.160. The fourth-order valence-corrected chi connectivity index (χ4v) is 3.18. The predicted octanol–water partition coefficient (Wildman–Crippen LogP) is 5.01. The summed E-state index contributed by atoms with van der Waals surface area (Å²) < 4.78 is 5.45. The van der Waals surface area contributed by atoms with E-state index in [1.165, 1.54) is 5.56 Å². The van der Waals surface area contributed by atoms with E-state index in [4.69, 9.17) is 4.74 Å². The molecule has 0 fully saturated rings. The standard InChI is InChI=1S/C25H24N4O2/c1-3-31-20-14-10-18(11-15-20)16-26-25(30)24-28-22-7-5-4-6-21(22)23(29-24)27-19-12-8-17(2)9-13-19/h4-15H,3,16H2,1-2H3,(H,26,30)(H,27,28,29). The zero-order chi connectivity index (χ0) is 21.6. The van der Waals surface area contributed by atoms with E-state index in [0.29, 0.717) is 24.5 Å². The Morgan fingerprint density at radius 2 is 1.68 bits per heavy atom. The highest BCUT2D eigenvalue weighted by Crippen LogP contribution is 2.24. The third-order valence-electron chi connectivity index (χ3n) is 4.81. The average molecular weight is 412 g/mol. The van der Waals surface area contributed by atoms with Crippen molar-refractivity contribution in [3.8, 4) is 5.75 Å². The van der Waals surface area contributed by atoms with Gasteiger partial charge < -0.3 is 15.4 Å². The molecular formula is C25H24N4O2. The smallest absolute Gasteiger partial charge is 0.289 e. The van der Waals surface area contributed by atoms with Crippen LogP contribution in [0.25, 0.3) is 10.9 Å². The molecule has 0 bridgehead atoms. The second-order valence-corrected chi connectivity index (χ2v) is 7.16. The van der Waals surface area contributed by atoms with Crippen molar-refractivity contribution in [1.29, 1.82) is 0 Å². The lowest BCUT2D eigenvalue weighted by atomic mass is 10.2. The van der Waals surface area contributed by atoms with Gasteiger partial charge in [0.2, 0.25) is 5.82 Å². The Morgan fingerprint density at radius 1 is 0.935 bits per heavy atom. The number of para-hydroxylation sites is 1. The van der Waals surface area contributed by atoms with Crippen LogP contribution in [0.2, 0.25) is 0 Å². The first-order valence-corrected chi connectivity index (χ1v) is 10.2. The van der Waals surface area contributed by atoms with E-state index in [-0.39, 0.29) is 11.7 Å². The number of rotatable bonds is 7. The van der Waals surface area contributed by atoms with E-state index in [2.05, 4.69) is 20.6 Å². The monoisotopic (exact) mass is 412 g/mol. The first kappa shape index (κ1) is 20.3. The van der Waals surface area contributed by atoms with Crippen molar-refractivity contribution in [2.75, 3.05) is 11.9 Å². The first-order valence-electron chi connectivity index (χ1n) is 10.2. The van der Waals surface area contributed by atoms with E-state index in [0.717, 1.165) is 22.4 Å². The molecule has 31 heavy (non-hydrogen) atoms. The van der Waals surface area contributed by atoms with Gasteiger partial charge in [0.05, 0.1) is 12.1 Å². The Kier molecular flexibility index (Phi) is 6.08. The number of nitrogens with one attached hydrogen (secondary N) is 2. The molecule has 1 heterocycles. The zero-order valence-electron chi connectivity index (χ0n) is 17.6. The summed E-state index contributed by atoms with van der Waals surface area (Å²) in [6.45, 7) is 4.98. The minimum absolute atomic E-state index is 0.124. The van der Waals surface area contributed by atoms with Gasteiger partial charge >= 0.3 is 0 Å². The molecule has 0 radical (unpaired) electrons. The molecule has 6 nitrogen and oxygen atoms in total. The summed E-state index contributed by atoms with van der Waals surface area (Å²) in [5.74, 6) is 1.20. The number of aryl methyl sites for hydroxylation is 1. The number of ether oxygens (including phenoxy) is 1. The molecule has 0 aliphatic rings. The highest BCUT2D eigenvalue weighted by molar-refractivity contribution is 5.97. The second kappa shape index (κ2) is 9.26. The van der Waals surface area contributed by atoms with Crippen molar-refractivity contribution < 1.29 is 9.53 Å². The summed E-state index contributed by atoms with van der Waals surface area (Å²) in [5.41, 5.74) is 3.75. The lowest BCUT2D eigenvalue weighted by molar-refractivity contribution is 0.0941. The third-order valence-corrected chi connectivity index (χ3v) is 4.81. The van der Waals surface area contributed by atoms with Crippen molar-refractivity contribution in [1.82, 2.24) is 15.3 Å². The maximum Gasteiger partial charge on any atom is 0.289 e. The minimum Gasteiger partial charge on any atom is -0.494 e. The van der Waals surface area contributed by atoms with Crippen molar-refractivity contribution in [3.05, 3.63) is 89.7 Å². The topological polar surface area (TPSA) is 76.1 Å². The van der Waals surface area contributed by atoms with Crippen LogP contribution in [0.5, 0.6) is 5.75 Å². The van der Waals surface area contributed by atoms with E-state index in [1.54, 1.807) is 0 Å². The van der Waals surface area contributed by atoms with E-state index < -0.39 is 0 Å². The summed E-state index contributed by atoms with van der Waals surface area (Å²) in [5, 5.41) is 7.07. The highest BCUT2D eigenvalue weighted by atomic mass is 16.5. The highest BCUT2D eigenvalue weighted by Gasteiger charge is 2.14. The van der Waals surface area contributed by atoms with Crippen LogP contribution in [0, 0.1) is 6.92 Å². The number of fused-ring (bicyclic) bond motifs is 1. The number of aromatic nitrogens is 2. The van der Waals surface area contributed by atoms with Crippen LogP contribution in [0.15, 0.2) is 72.8 Å². The van der Waals surface area contributed by atoms with Crippen LogP contribution >= 0.6 is 0 Å². The number of amides is 1. The summed E-state index contributed by atoms with van der Waals surface area (Å²) >= 11 is 0. The van der Waals surface area contributed by atoms with Crippen LogP contribution in [-0.2, 0) is 6.54 Å². The maximum atomic E-state index is 12.8. The lowest BCUT2D eigenvalue weighted by Gasteiger charge is -2.11. The molecule has 0 atom stereocenters. The summed E-state index contributed by atoms with van der Waals surface area (Å²) in [4.78, 5) is 21.8. The maximum absolute atomic E-state index is 12.8. The third kappa shape index (κ3) is 4.98. The normalized spacial score (nSPS) is 10.6. The van der Waals surface area contributed by atoms with Gasteiger partial charge in [-0.2, -0.15) is 0 Å². The van der Waals surface area contributed by atoms with Crippen molar-refractivity contribution in [2.24, 2.45) is 0 Å². The Labute approximate surface area is 181 Å². The predicted molar refractivity (Wildman–Crippen MR) is 123 cm³/mol. The van der Waals surface area contributed by atoms with Crippen molar-refractivity contribution in [2.45, 2.75) is 20.4 Å². The van der Waals surface area contributed by atoms with E-state index in [1.807, 2.05) is 86.6 Å². The molecule has 1 amide bonds.